The summed E-state index contributed by atoms with van der Waals surface area (Å²) in [5.41, 5.74) is 2.05. The second-order valence-corrected chi connectivity index (χ2v) is 18.1. The van der Waals surface area contributed by atoms with Crippen molar-refractivity contribution in [3.05, 3.63) is 0 Å². The van der Waals surface area contributed by atoms with Crippen molar-refractivity contribution in [3.8, 4) is 0 Å². The van der Waals surface area contributed by atoms with E-state index in [1.165, 1.54) is 31.0 Å². The van der Waals surface area contributed by atoms with Gasteiger partial charge < -0.3 is 8.85 Å². The summed E-state index contributed by atoms with van der Waals surface area (Å²) in [6, 6.07) is 3.80. The number of hydrogen-bond acceptors (Lipinski definition) is 2. The molecule has 0 fully saturated rings. The molecule has 0 radical (unpaired) electrons. The second-order valence-electron chi connectivity index (χ2n) is 8.22. The van der Waals surface area contributed by atoms with E-state index < -0.39 is 16.6 Å². The normalized spacial score (nSPS) is 15.0. The van der Waals surface area contributed by atoms with Gasteiger partial charge in [-0.3, -0.25) is 0 Å². The minimum Gasteiger partial charge on any atom is -0.420 e. The first-order valence-electron chi connectivity index (χ1n) is 9.84. The maximum absolute atomic E-state index is 6.70. The minimum atomic E-state index is -1.77. The average molecular weight is 361 g/mol. The summed E-state index contributed by atoms with van der Waals surface area (Å²) in [5, 5.41) is 0. The zero-order valence-corrected chi connectivity index (χ0v) is 19.7. The first-order chi connectivity index (χ1) is 10.6. The van der Waals surface area contributed by atoms with Crippen molar-refractivity contribution in [2.45, 2.75) is 116 Å². The van der Waals surface area contributed by atoms with Crippen LogP contribution in [0.2, 0.25) is 34.8 Å². The fourth-order valence-corrected chi connectivity index (χ4v) is 13.2. The second kappa shape index (κ2) is 10.4. The lowest BCUT2D eigenvalue weighted by Gasteiger charge is -2.45. The molecule has 0 saturated heterocycles. The highest BCUT2D eigenvalue weighted by atomic mass is 28.4. The molecule has 1 unspecified atom stereocenters. The molecule has 23 heavy (non-hydrogen) atoms. The van der Waals surface area contributed by atoms with Gasteiger partial charge in [0, 0.05) is 13.2 Å². The predicted molar refractivity (Wildman–Crippen MR) is 109 cm³/mol. The van der Waals surface area contributed by atoms with Gasteiger partial charge in [-0.15, -0.1) is 0 Å². The molecule has 0 aromatic heterocycles. The van der Waals surface area contributed by atoms with Crippen LogP contribution in [0.25, 0.3) is 0 Å². The fourth-order valence-electron chi connectivity index (χ4n) is 4.55. The third kappa shape index (κ3) is 5.98. The Bertz CT molecular complexity index is 296. The van der Waals surface area contributed by atoms with Gasteiger partial charge in [0.15, 0.2) is 8.32 Å². The van der Waals surface area contributed by atoms with Crippen LogP contribution in [-0.4, -0.2) is 29.8 Å². The van der Waals surface area contributed by atoms with E-state index in [2.05, 4.69) is 62.3 Å². The summed E-state index contributed by atoms with van der Waals surface area (Å²) in [5.74, 6) is 0. The highest BCUT2D eigenvalue weighted by molar-refractivity contribution is 6.77. The molecule has 0 spiro atoms. The lowest BCUT2D eigenvalue weighted by molar-refractivity contribution is 0.207. The van der Waals surface area contributed by atoms with E-state index in [1.54, 1.807) is 0 Å². The number of hydrogen-bond donors (Lipinski definition) is 0. The molecule has 4 heteroatoms. The van der Waals surface area contributed by atoms with Crippen molar-refractivity contribution >= 4 is 16.6 Å². The molecular weight excluding hydrogens is 316 g/mol. The third-order valence-corrected chi connectivity index (χ3v) is 17.0. The lowest BCUT2D eigenvalue weighted by atomic mass is 10.3. The molecule has 0 amide bonds. The first-order valence-corrected chi connectivity index (χ1v) is 14.5. The van der Waals surface area contributed by atoms with Gasteiger partial charge in [0.1, 0.15) is 0 Å². The molecule has 2 nitrogen and oxygen atoms in total. The van der Waals surface area contributed by atoms with Crippen LogP contribution in [0.15, 0.2) is 0 Å². The van der Waals surface area contributed by atoms with Crippen LogP contribution < -0.4 is 0 Å². The molecule has 0 aromatic carbocycles. The van der Waals surface area contributed by atoms with Gasteiger partial charge >= 0.3 is 0 Å². The highest BCUT2D eigenvalue weighted by Gasteiger charge is 2.47. The molecule has 0 heterocycles. The van der Waals surface area contributed by atoms with Crippen molar-refractivity contribution in [3.63, 3.8) is 0 Å². The van der Waals surface area contributed by atoms with E-state index in [0.29, 0.717) is 22.7 Å². The lowest BCUT2D eigenvalue weighted by Crippen LogP contribution is -2.50. The van der Waals surface area contributed by atoms with Gasteiger partial charge in [-0.05, 0) is 48.6 Å². The van der Waals surface area contributed by atoms with Gasteiger partial charge in [0.25, 0.3) is 0 Å². The summed E-state index contributed by atoms with van der Waals surface area (Å²) in [7, 11) is -1.29. The molecule has 0 rings (SSSR count). The maximum atomic E-state index is 6.70. The van der Waals surface area contributed by atoms with Crippen molar-refractivity contribution in [2.24, 2.45) is 0 Å². The fraction of sp³-hybridized carbons (Fsp3) is 1.00. The van der Waals surface area contributed by atoms with E-state index >= 15 is 0 Å². The molecule has 140 valence electrons. The standard InChI is InChI=1S/C19H44O2Si2/c1-11-22(12-2,20-10)15-13-14-19(9)23(17(5)6,18(7)8)21-16(3)4/h16-19H,11-15H2,1-10H3. The summed E-state index contributed by atoms with van der Waals surface area (Å²) in [6.07, 6.45) is 2.94. The average Bonchev–Trinajstić information content (AvgIpc) is 2.48. The Kier molecular flexibility index (Phi) is 10.5. The molecule has 0 N–H and O–H groups in total. The van der Waals surface area contributed by atoms with E-state index in [0.717, 1.165) is 0 Å². The number of rotatable bonds is 12. The van der Waals surface area contributed by atoms with Crippen molar-refractivity contribution in [1.82, 2.24) is 0 Å². The van der Waals surface area contributed by atoms with Crippen LogP contribution in [-0.2, 0) is 8.85 Å². The molecule has 0 aliphatic heterocycles. The van der Waals surface area contributed by atoms with Gasteiger partial charge in [-0.25, -0.2) is 0 Å². The van der Waals surface area contributed by atoms with Crippen LogP contribution >= 0.6 is 0 Å². The van der Waals surface area contributed by atoms with Crippen LogP contribution in [0.1, 0.15) is 75.2 Å². The van der Waals surface area contributed by atoms with Gasteiger partial charge in [0.2, 0.25) is 8.32 Å². The Morgan fingerprint density at radius 3 is 1.61 bits per heavy atom. The molecular formula is C19H44O2Si2. The predicted octanol–water partition coefficient (Wildman–Crippen LogP) is 6.98. The van der Waals surface area contributed by atoms with E-state index in [1.807, 2.05) is 7.11 Å². The third-order valence-electron chi connectivity index (χ3n) is 6.01. The van der Waals surface area contributed by atoms with Crippen molar-refractivity contribution < 1.29 is 8.85 Å². The summed E-state index contributed by atoms with van der Waals surface area (Å²) < 4.78 is 12.7. The largest absolute Gasteiger partial charge is 0.420 e. The molecule has 0 aliphatic carbocycles. The quantitative estimate of drug-likeness (QED) is 0.349. The van der Waals surface area contributed by atoms with E-state index in [-0.39, 0.29) is 0 Å². The van der Waals surface area contributed by atoms with Crippen LogP contribution in [0, 0.1) is 0 Å². The molecule has 0 saturated carbocycles. The van der Waals surface area contributed by atoms with Crippen LogP contribution in [0.5, 0.6) is 0 Å². The van der Waals surface area contributed by atoms with Crippen LogP contribution in [0.3, 0.4) is 0 Å². The molecule has 1 atom stereocenters. The maximum Gasteiger partial charge on any atom is 0.200 e. The highest BCUT2D eigenvalue weighted by Crippen LogP contribution is 2.45. The van der Waals surface area contributed by atoms with E-state index in [9.17, 15) is 0 Å². The molecule has 0 bridgehead atoms. The Hall–Kier alpha value is 0.354. The monoisotopic (exact) mass is 360 g/mol. The Labute approximate surface area is 149 Å². The zero-order chi connectivity index (χ0) is 18.3. The van der Waals surface area contributed by atoms with E-state index in [4.69, 9.17) is 8.85 Å². The van der Waals surface area contributed by atoms with Crippen molar-refractivity contribution in [2.75, 3.05) is 7.11 Å². The van der Waals surface area contributed by atoms with Gasteiger partial charge in [0.05, 0.1) is 0 Å². The Morgan fingerprint density at radius 2 is 1.30 bits per heavy atom. The smallest absolute Gasteiger partial charge is 0.200 e. The minimum absolute atomic E-state index is 0.340. The van der Waals surface area contributed by atoms with Gasteiger partial charge in [-0.2, -0.15) is 0 Å². The Balaban J connectivity index is 5.02. The van der Waals surface area contributed by atoms with Crippen LogP contribution in [0.4, 0.5) is 0 Å². The topological polar surface area (TPSA) is 18.5 Å². The van der Waals surface area contributed by atoms with Gasteiger partial charge in [-0.1, -0.05) is 61.3 Å². The Morgan fingerprint density at radius 1 is 0.826 bits per heavy atom. The SMILES string of the molecule is CC[Si](CC)(CCCC(C)[Si](OC(C)C)(C(C)C)C(C)C)OC. The van der Waals surface area contributed by atoms with Crippen molar-refractivity contribution in [1.29, 1.82) is 0 Å². The first kappa shape index (κ1) is 23.4. The summed E-state index contributed by atoms with van der Waals surface area (Å²) in [6.45, 7) is 21.0. The summed E-state index contributed by atoms with van der Waals surface area (Å²) in [4.78, 5) is 0. The zero-order valence-electron chi connectivity index (χ0n) is 17.7. The molecule has 0 aliphatic rings. The summed E-state index contributed by atoms with van der Waals surface area (Å²) >= 11 is 0. The molecule has 0 aromatic rings.